The highest BCUT2D eigenvalue weighted by Crippen LogP contribution is 2.18. The fourth-order valence-electron chi connectivity index (χ4n) is 2.94. The molecular weight excluding hydrogens is 432 g/mol. The molecule has 3 aromatic rings. The van der Waals surface area contributed by atoms with Crippen LogP contribution in [0.5, 0.6) is 0 Å². The predicted octanol–water partition coefficient (Wildman–Crippen LogP) is 4.05. The van der Waals surface area contributed by atoms with Gasteiger partial charge in [0.15, 0.2) is 5.13 Å². The second-order valence-electron chi connectivity index (χ2n) is 6.73. The van der Waals surface area contributed by atoms with Crippen molar-refractivity contribution in [2.45, 2.75) is 26.7 Å². The molecule has 0 radical (unpaired) electrons. The maximum Gasteiger partial charge on any atom is 0.253 e. The summed E-state index contributed by atoms with van der Waals surface area (Å²) in [7, 11) is 0. The van der Waals surface area contributed by atoms with Crippen LogP contribution in [0.15, 0.2) is 47.2 Å². The molecule has 162 valence electrons. The molecule has 0 bridgehead atoms. The molecule has 3 rings (SSSR count). The van der Waals surface area contributed by atoms with Gasteiger partial charge < -0.3 is 15.5 Å². The molecule has 7 nitrogen and oxygen atoms in total. The quantitative estimate of drug-likeness (QED) is 0.508. The molecule has 0 aliphatic carbocycles. The summed E-state index contributed by atoms with van der Waals surface area (Å²) in [5.41, 5.74) is 1.78. The highest BCUT2D eigenvalue weighted by atomic mass is 32.1. The van der Waals surface area contributed by atoms with Gasteiger partial charge in [-0.3, -0.25) is 14.4 Å². The summed E-state index contributed by atoms with van der Waals surface area (Å²) in [6, 6.07) is 10.7. The molecule has 0 atom stereocenters. The zero-order chi connectivity index (χ0) is 22.2. The standard InChI is InChI=1S/C22H24N4O3S2/c1-3-26(4-2)21(29)15-7-9-16(10-8-15)23-19(27)12-17-14-31-22(24-17)25-20(28)13-18-6-5-11-30-18/h5-11,14H,3-4,12-13H2,1-2H3,(H,23,27)(H,24,25,28). The van der Waals surface area contributed by atoms with E-state index in [2.05, 4.69) is 15.6 Å². The number of thiophene rings is 1. The van der Waals surface area contributed by atoms with Crippen molar-refractivity contribution in [1.29, 1.82) is 0 Å². The first kappa shape index (κ1) is 22.6. The first-order chi connectivity index (χ1) is 15.0. The normalized spacial score (nSPS) is 10.5. The number of benzene rings is 1. The van der Waals surface area contributed by atoms with Crippen LogP contribution in [-0.2, 0) is 22.4 Å². The maximum atomic E-state index is 12.4. The zero-order valence-electron chi connectivity index (χ0n) is 17.4. The monoisotopic (exact) mass is 456 g/mol. The zero-order valence-corrected chi connectivity index (χ0v) is 19.0. The van der Waals surface area contributed by atoms with Gasteiger partial charge in [0, 0.05) is 34.6 Å². The Bertz CT molecular complexity index is 1030. The minimum Gasteiger partial charge on any atom is -0.339 e. The highest BCUT2D eigenvalue weighted by molar-refractivity contribution is 7.14. The molecule has 0 saturated carbocycles. The molecule has 31 heavy (non-hydrogen) atoms. The molecular formula is C22H24N4O3S2. The van der Waals surface area contributed by atoms with E-state index in [-0.39, 0.29) is 24.1 Å². The van der Waals surface area contributed by atoms with Crippen molar-refractivity contribution in [2.24, 2.45) is 0 Å². The topological polar surface area (TPSA) is 91.4 Å². The van der Waals surface area contributed by atoms with E-state index in [0.29, 0.717) is 41.6 Å². The van der Waals surface area contributed by atoms with Crippen molar-refractivity contribution < 1.29 is 14.4 Å². The predicted molar refractivity (Wildman–Crippen MR) is 125 cm³/mol. The SMILES string of the molecule is CCN(CC)C(=O)c1ccc(NC(=O)Cc2csc(NC(=O)Cc3cccs3)n2)cc1. The van der Waals surface area contributed by atoms with Crippen molar-refractivity contribution in [3.05, 3.63) is 63.3 Å². The first-order valence-corrected chi connectivity index (χ1v) is 11.7. The molecule has 2 N–H and O–H groups in total. The van der Waals surface area contributed by atoms with E-state index in [1.807, 2.05) is 31.4 Å². The molecule has 3 amide bonds. The fraction of sp³-hybridized carbons (Fsp3) is 0.273. The molecule has 2 aromatic heterocycles. The van der Waals surface area contributed by atoms with Crippen LogP contribution in [0, 0.1) is 0 Å². The Kier molecular flexibility index (Phi) is 7.91. The summed E-state index contributed by atoms with van der Waals surface area (Å²) < 4.78 is 0. The van der Waals surface area contributed by atoms with Crippen LogP contribution < -0.4 is 10.6 Å². The number of thiazole rings is 1. The summed E-state index contributed by atoms with van der Waals surface area (Å²) >= 11 is 2.82. The van der Waals surface area contributed by atoms with Crippen molar-refractivity contribution in [1.82, 2.24) is 9.88 Å². The van der Waals surface area contributed by atoms with Crippen LogP contribution in [0.3, 0.4) is 0 Å². The Balaban J connectivity index is 1.50. The van der Waals surface area contributed by atoms with E-state index in [4.69, 9.17) is 0 Å². The Hall–Kier alpha value is -3.04. The van der Waals surface area contributed by atoms with Crippen molar-refractivity contribution in [2.75, 3.05) is 23.7 Å². The van der Waals surface area contributed by atoms with Gasteiger partial charge in [-0.1, -0.05) is 6.07 Å². The minimum atomic E-state index is -0.218. The molecule has 0 aliphatic rings. The van der Waals surface area contributed by atoms with E-state index < -0.39 is 0 Å². The summed E-state index contributed by atoms with van der Waals surface area (Å²) in [5, 5.41) is 9.74. The van der Waals surface area contributed by atoms with E-state index >= 15 is 0 Å². The van der Waals surface area contributed by atoms with Crippen molar-refractivity contribution in [3.63, 3.8) is 0 Å². The van der Waals surface area contributed by atoms with Gasteiger partial charge in [-0.15, -0.1) is 22.7 Å². The Morgan fingerprint density at radius 1 is 0.935 bits per heavy atom. The third-order valence-corrected chi connectivity index (χ3v) is 6.20. The lowest BCUT2D eigenvalue weighted by Gasteiger charge is -2.18. The number of rotatable bonds is 9. The lowest BCUT2D eigenvalue weighted by molar-refractivity contribution is -0.116. The highest BCUT2D eigenvalue weighted by Gasteiger charge is 2.13. The van der Waals surface area contributed by atoms with Crippen LogP contribution in [-0.4, -0.2) is 40.7 Å². The number of carbonyl (C=O) groups excluding carboxylic acids is 3. The lowest BCUT2D eigenvalue weighted by Crippen LogP contribution is -2.30. The largest absolute Gasteiger partial charge is 0.339 e. The number of anilines is 2. The third kappa shape index (κ3) is 6.47. The molecule has 0 saturated heterocycles. The molecule has 2 heterocycles. The van der Waals surface area contributed by atoms with Gasteiger partial charge in [0.2, 0.25) is 11.8 Å². The number of hydrogen-bond donors (Lipinski definition) is 2. The number of carbonyl (C=O) groups is 3. The van der Waals surface area contributed by atoms with Crippen LogP contribution in [0.25, 0.3) is 0 Å². The summed E-state index contributed by atoms with van der Waals surface area (Å²) in [5.74, 6) is -0.379. The molecule has 0 spiro atoms. The van der Waals surface area contributed by atoms with E-state index in [0.717, 1.165) is 4.88 Å². The van der Waals surface area contributed by atoms with Gasteiger partial charge in [-0.25, -0.2) is 4.98 Å². The van der Waals surface area contributed by atoms with Gasteiger partial charge in [0.1, 0.15) is 0 Å². The van der Waals surface area contributed by atoms with Gasteiger partial charge in [-0.2, -0.15) is 0 Å². The summed E-state index contributed by atoms with van der Waals surface area (Å²) in [4.78, 5) is 43.8. The number of amides is 3. The van der Waals surface area contributed by atoms with Crippen LogP contribution in [0.2, 0.25) is 0 Å². The number of hydrogen-bond acceptors (Lipinski definition) is 6. The van der Waals surface area contributed by atoms with Crippen molar-refractivity contribution in [3.8, 4) is 0 Å². The average molecular weight is 457 g/mol. The second-order valence-corrected chi connectivity index (χ2v) is 8.62. The average Bonchev–Trinajstić information content (AvgIpc) is 3.41. The van der Waals surface area contributed by atoms with Gasteiger partial charge in [0.25, 0.3) is 5.91 Å². The number of nitrogens with one attached hydrogen (secondary N) is 2. The van der Waals surface area contributed by atoms with E-state index in [1.165, 1.54) is 22.7 Å². The molecule has 0 aliphatic heterocycles. The maximum absolute atomic E-state index is 12.4. The number of aromatic nitrogens is 1. The smallest absolute Gasteiger partial charge is 0.253 e. The van der Waals surface area contributed by atoms with Crippen molar-refractivity contribution >= 4 is 51.2 Å². The molecule has 1 aromatic carbocycles. The Morgan fingerprint density at radius 3 is 2.29 bits per heavy atom. The van der Waals surface area contributed by atoms with Crippen LogP contribution in [0.1, 0.15) is 34.8 Å². The fourth-order valence-corrected chi connectivity index (χ4v) is 4.37. The van der Waals surface area contributed by atoms with Gasteiger partial charge in [0.05, 0.1) is 18.5 Å². The summed E-state index contributed by atoms with van der Waals surface area (Å²) in [6.45, 7) is 5.18. The Labute approximate surface area is 189 Å². The minimum absolute atomic E-state index is 0.0287. The van der Waals surface area contributed by atoms with Crippen LogP contribution >= 0.6 is 22.7 Å². The van der Waals surface area contributed by atoms with Crippen LogP contribution in [0.4, 0.5) is 10.8 Å². The summed E-state index contributed by atoms with van der Waals surface area (Å²) in [6.07, 6.45) is 0.400. The van der Waals surface area contributed by atoms with Gasteiger partial charge in [-0.05, 0) is 49.6 Å². The number of nitrogens with zero attached hydrogens (tertiary/aromatic N) is 2. The van der Waals surface area contributed by atoms with E-state index in [9.17, 15) is 14.4 Å². The molecule has 0 unspecified atom stereocenters. The first-order valence-electron chi connectivity index (χ1n) is 9.94. The third-order valence-electron chi connectivity index (χ3n) is 4.52. The van der Waals surface area contributed by atoms with Gasteiger partial charge >= 0.3 is 0 Å². The van der Waals surface area contributed by atoms with E-state index in [1.54, 1.807) is 34.5 Å². The molecule has 9 heteroatoms. The molecule has 0 fully saturated rings. The second kappa shape index (κ2) is 10.8. The lowest BCUT2D eigenvalue weighted by atomic mass is 10.1. The Morgan fingerprint density at radius 2 is 1.65 bits per heavy atom.